The zero-order valence-corrected chi connectivity index (χ0v) is 13.0. The first-order chi connectivity index (χ1) is 11.6. The van der Waals surface area contributed by atoms with Gasteiger partial charge in [0.05, 0.1) is 12.2 Å². The first-order valence-corrected chi connectivity index (χ1v) is 7.67. The summed E-state index contributed by atoms with van der Waals surface area (Å²) < 4.78 is 19.2. The first kappa shape index (κ1) is 16.0. The minimum absolute atomic E-state index is 0.0926. The Labute approximate surface area is 139 Å². The highest BCUT2D eigenvalue weighted by molar-refractivity contribution is 5.87. The van der Waals surface area contributed by atoms with Gasteiger partial charge in [-0.05, 0) is 17.7 Å². The Balaban J connectivity index is 1.58. The van der Waals surface area contributed by atoms with Crippen molar-refractivity contribution in [1.82, 2.24) is 5.32 Å². The number of hydrogen-bond acceptors (Lipinski definition) is 4. The molecular formula is C18H17FN2O3. The van der Waals surface area contributed by atoms with Crippen molar-refractivity contribution in [2.45, 2.75) is 13.0 Å². The number of rotatable bonds is 4. The summed E-state index contributed by atoms with van der Waals surface area (Å²) in [5.74, 6) is -0.305. The monoisotopic (exact) mass is 328 g/mol. The van der Waals surface area contributed by atoms with Gasteiger partial charge in [-0.15, -0.1) is 0 Å². The molecule has 1 aliphatic rings. The molecule has 2 aromatic carbocycles. The molecule has 0 unspecified atom stereocenters. The normalized spacial score (nSPS) is 13.9. The van der Waals surface area contributed by atoms with Crippen LogP contribution in [0.15, 0.2) is 48.5 Å². The molecule has 0 bridgehead atoms. The third-order valence-corrected chi connectivity index (χ3v) is 3.78. The predicted octanol–water partition coefficient (Wildman–Crippen LogP) is 2.89. The lowest BCUT2D eigenvalue weighted by Gasteiger charge is -2.17. The van der Waals surface area contributed by atoms with E-state index in [0.29, 0.717) is 25.2 Å². The van der Waals surface area contributed by atoms with E-state index in [1.165, 1.54) is 12.1 Å². The molecule has 0 saturated carbocycles. The van der Waals surface area contributed by atoms with E-state index in [2.05, 4.69) is 5.32 Å². The van der Waals surface area contributed by atoms with E-state index in [0.717, 1.165) is 11.6 Å². The fourth-order valence-electron chi connectivity index (χ4n) is 2.56. The van der Waals surface area contributed by atoms with Crippen molar-refractivity contribution in [2.24, 2.45) is 0 Å². The lowest BCUT2D eigenvalue weighted by Crippen LogP contribution is -2.26. The molecule has 5 nitrogen and oxygen atoms in total. The van der Waals surface area contributed by atoms with Crippen LogP contribution in [0.1, 0.15) is 12.0 Å². The smallest absolute Gasteiger partial charge is 0.410 e. The lowest BCUT2D eigenvalue weighted by molar-refractivity contribution is -0.116. The molecule has 0 aliphatic carbocycles. The van der Waals surface area contributed by atoms with Crippen LogP contribution in [0.25, 0.3) is 0 Å². The van der Waals surface area contributed by atoms with Gasteiger partial charge < -0.3 is 15.0 Å². The molecule has 1 saturated heterocycles. The van der Waals surface area contributed by atoms with E-state index in [-0.39, 0.29) is 18.1 Å². The van der Waals surface area contributed by atoms with Crippen LogP contribution in [0.3, 0.4) is 0 Å². The van der Waals surface area contributed by atoms with Gasteiger partial charge >= 0.3 is 6.09 Å². The lowest BCUT2D eigenvalue weighted by atomic mass is 10.2. The second kappa shape index (κ2) is 7.12. The molecule has 6 heteroatoms. The maximum absolute atomic E-state index is 14.2. The Morgan fingerprint density at radius 2 is 2.00 bits per heavy atom. The van der Waals surface area contributed by atoms with Gasteiger partial charge in [-0.2, -0.15) is 0 Å². The van der Waals surface area contributed by atoms with Crippen molar-refractivity contribution < 1.29 is 18.7 Å². The maximum atomic E-state index is 14.2. The number of hydrogen-bond donors (Lipinski definition) is 1. The SMILES string of the molecule is O=C1CCN(c2ccc(OC(=O)NCc3ccccc3)cc2F)C1. The minimum atomic E-state index is -0.651. The number of carbonyl (C=O) groups excluding carboxylic acids is 2. The van der Waals surface area contributed by atoms with Gasteiger partial charge in [-0.1, -0.05) is 30.3 Å². The van der Waals surface area contributed by atoms with Crippen LogP contribution in [-0.4, -0.2) is 25.0 Å². The summed E-state index contributed by atoms with van der Waals surface area (Å²) in [4.78, 5) is 24.7. The summed E-state index contributed by atoms with van der Waals surface area (Å²) in [7, 11) is 0. The van der Waals surface area contributed by atoms with Crippen molar-refractivity contribution >= 4 is 17.6 Å². The Morgan fingerprint density at radius 1 is 1.21 bits per heavy atom. The number of nitrogens with one attached hydrogen (secondary N) is 1. The van der Waals surface area contributed by atoms with Crippen LogP contribution in [0, 0.1) is 5.82 Å². The summed E-state index contributed by atoms with van der Waals surface area (Å²) in [5.41, 5.74) is 1.28. The summed E-state index contributed by atoms with van der Waals surface area (Å²) in [5, 5.41) is 2.60. The molecule has 0 spiro atoms. The number of ketones is 1. The van der Waals surface area contributed by atoms with Crippen LogP contribution >= 0.6 is 0 Å². The highest BCUT2D eigenvalue weighted by Crippen LogP contribution is 2.26. The van der Waals surface area contributed by atoms with E-state index in [1.807, 2.05) is 30.3 Å². The number of benzene rings is 2. The third-order valence-electron chi connectivity index (χ3n) is 3.78. The predicted molar refractivity (Wildman–Crippen MR) is 87.5 cm³/mol. The second-order valence-electron chi connectivity index (χ2n) is 5.55. The van der Waals surface area contributed by atoms with Crippen LogP contribution in [0.5, 0.6) is 5.75 Å². The largest absolute Gasteiger partial charge is 0.412 e. The highest BCUT2D eigenvalue weighted by atomic mass is 19.1. The van der Waals surface area contributed by atoms with Crippen molar-refractivity contribution in [2.75, 3.05) is 18.0 Å². The molecule has 24 heavy (non-hydrogen) atoms. The second-order valence-corrected chi connectivity index (χ2v) is 5.55. The summed E-state index contributed by atoms with van der Waals surface area (Å²) in [6.45, 7) is 1.05. The van der Waals surface area contributed by atoms with Crippen molar-refractivity contribution in [3.63, 3.8) is 0 Å². The number of Topliss-reactive ketones (excluding diaryl/α,β-unsaturated/α-hetero) is 1. The quantitative estimate of drug-likeness (QED) is 0.937. The average molecular weight is 328 g/mol. The molecule has 0 aromatic heterocycles. The molecular weight excluding hydrogens is 311 g/mol. The Morgan fingerprint density at radius 3 is 2.67 bits per heavy atom. The highest BCUT2D eigenvalue weighted by Gasteiger charge is 2.22. The molecule has 1 heterocycles. The molecule has 0 atom stereocenters. The number of carbonyl (C=O) groups is 2. The average Bonchev–Trinajstić information content (AvgIpc) is 3.00. The molecule has 1 N–H and O–H groups in total. The van der Waals surface area contributed by atoms with Gasteiger partial charge in [-0.25, -0.2) is 9.18 Å². The molecule has 1 aliphatic heterocycles. The third kappa shape index (κ3) is 3.90. The van der Waals surface area contributed by atoms with E-state index in [9.17, 15) is 14.0 Å². The van der Waals surface area contributed by atoms with Gasteiger partial charge in [0.25, 0.3) is 0 Å². The maximum Gasteiger partial charge on any atom is 0.412 e. The molecule has 124 valence electrons. The zero-order valence-electron chi connectivity index (χ0n) is 13.0. The van der Waals surface area contributed by atoms with E-state index >= 15 is 0 Å². The Bertz CT molecular complexity index is 749. The van der Waals surface area contributed by atoms with Crippen LogP contribution in [0.2, 0.25) is 0 Å². The summed E-state index contributed by atoms with van der Waals surface area (Å²) in [6.07, 6.45) is -0.220. The Kier molecular flexibility index (Phi) is 4.74. The summed E-state index contributed by atoms with van der Waals surface area (Å²) >= 11 is 0. The molecule has 3 rings (SSSR count). The standard InChI is InChI=1S/C18H17FN2O3/c19-16-10-15(6-7-17(16)21-9-8-14(22)12-21)24-18(23)20-11-13-4-2-1-3-5-13/h1-7,10H,8-9,11-12H2,(H,20,23). The number of ether oxygens (including phenoxy) is 1. The molecule has 1 amide bonds. The molecule has 1 fully saturated rings. The number of anilines is 1. The van der Waals surface area contributed by atoms with Gasteiger partial charge in [-0.3, -0.25) is 4.79 Å². The van der Waals surface area contributed by atoms with E-state index in [4.69, 9.17) is 4.74 Å². The van der Waals surface area contributed by atoms with Crippen LogP contribution in [0.4, 0.5) is 14.9 Å². The number of amides is 1. The van der Waals surface area contributed by atoms with Crippen molar-refractivity contribution in [1.29, 1.82) is 0 Å². The number of nitrogens with zero attached hydrogens (tertiary/aromatic N) is 1. The first-order valence-electron chi connectivity index (χ1n) is 7.67. The topological polar surface area (TPSA) is 58.6 Å². The zero-order chi connectivity index (χ0) is 16.9. The number of halogens is 1. The fraction of sp³-hybridized carbons (Fsp3) is 0.222. The van der Waals surface area contributed by atoms with Gasteiger partial charge in [0.1, 0.15) is 11.6 Å². The molecule has 0 radical (unpaired) electrons. The fourth-order valence-corrected chi connectivity index (χ4v) is 2.56. The van der Waals surface area contributed by atoms with Crippen molar-refractivity contribution in [3.05, 3.63) is 59.9 Å². The van der Waals surface area contributed by atoms with Crippen molar-refractivity contribution in [3.8, 4) is 5.75 Å². The van der Waals surface area contributed by atoms with Crippen LogP contribution < -0.4 is 15.0 Å². The van der Waals surface area contributed by atoms with Gasteiger partial charge in [0.15, 0.2) is 5.78 Å². The van der Waals surface area contributed by atoms with E-state index in [1.54, 1.807) is 4.90 Å². The van der Waals surface area contributed by atoms with E-state index < -0.39 is 11.9 Å². The van der Waals surface area contributed by atoms with Crippen LogP contribution in [-0.2, 0) is 11.3 Å². The minimum Gasteiger partial charge on any atom is -0.410 e. The summed E-state index contributed by atoms with van der Waals surface area (Å²) in [6, 6.07) is 13.6. The Hall–Kier alpha value is -2.89. The van der Waals surface area contributed by atoms with Gasteiger partial charge in [0, 0.05) is 25.6 Å². The molecule has 2 aromatic rings. The van der Waals surface area contributed by atoms with Gasteiger partial charge in [0.2, 0.25) is 0 Å².